The monoisotopic (exact) mass is 355 g/mol. The first-order chi connectivity index (χ1) is 12.2. The Morgan fingerprint density at radius 1 is 0.960 bits per heavy atom. The predicted octanol–water partition coefficient (Wildman–Crippen LogP) is 0.633. The fourth-order valence-electron chi connectivity index (χ4n) is 3.34. The number of amides is 2. The molecule has 0 aliphatic carbocycles. The Hall–Kier alpha value is -1.18. The van der Waals surface area contributed by atoms with E-state index in [1.807, 2.05) is 0 Å². The molecule has 1 atom stereocenters. The Kier molecular flexibility index (Phi) is 9.21. The van der Waals surface area contributed by atoms with E-state index in [-0.39, 0.29) is 24.4 Å². The SMILES string of the molecule is CCCCCCC(C(=O)NCC(=O)N1CCOCC1)N1CCOCC1. The number of hydrogen-bond donors (Lipinski definition) is 1. The van der Waals surface area contributed by atoms with Crippen LogP contribution in [0.4, 0.5) is 0 Å². The van der Waals surface area contributed by atoms with Crippen LogP contribution in [0, 0.1) is 0 Å². The second-order valence-corrected chi connectivity index (χ2v) is 6.72. The molecule has 0 radical (unpaired) electrons. The van der Waals surface area contributed by atoms with Gasteiger partial charge in [-0.05, 0) is 6.42 Å². The highest BCUT2D eigenvalue weighted by molar-refractivity contribution is 5.87. The molecule has 2 rings (SSSR count). The largest absolute Gasteiger partial charge is 0.379 e. The minimum absolute atomic E-state index is 0.0247. The number of carbonyl (C=O) groups excluding carboxylic acids is 2. The Balaban J connectivity index is 1.81. The maximum Gasteiger partial charge on any atom is 0.242 e. The lowest BCUT2D eigenvalue weighted by Gasteiger charge is -2.34. The zero-order valence-corrected chi connectivity index (χ0v) is 15.5. The Bertz CT molecular complexity index is 407. The van der Waals surface area contributed by atoms with Gasteiger partial charge in [0, 0.05) is 26.2 Å². The van der Waals surface area contributed by atoms with Gasteiger partial charge in [0.15, 0.2) is 0 Å². The molecule has 2 aliphatic rings. The smallest absolute Gasteiger partial charge is 0.242 e. The topological polar surface area (TPSA) is 71.1 Å². The van der Waals surface area contributed by atoms with Crippen LogP contribution in [0.1, 0.15) is 39.0 Å². The number of hydrogen-bond acceptors (Lipinski definition) is 5. The molecule has 0 aromatic carbocycles. The van der Waals surface area contributed by atoms with Crippen molar-refractivity contribution in [3.8, 4) is 0 Å². The Morgan fingerprint density at radius 2 is 1.60 bits per heavy atom. The first-order valence-corrected chi connectivity index (χ1v) is 9.67. The molecule has 2 fully saturated rings. The van der Waals surface area contributed by atoms with Gasteiger partial charge in [0.1, 0.15) is 0 Å². The van der Waals surface area contributed by atoms with Gasteiger partial charge < -0.3 is 19.7 Å². The third kappa shape index (κ3) is 6.92. The van der Waals surface area contributed by atoms with E-state index in [4.69, 9.17) is 9.47 Å². The predicted molar refractivity (Wildman–Crippen MR) is 95.3 cm³/mol. The van der Waals surface area contributed by atoms with Crippen LogP contribution in [0.15, 0.2) is 0 Å². The van der Waals surface area contributed by atoms with E-state index in [1.165, 1.54) is 12.8 Å². The van der Waals surface area contributed by atoms with Crippen LogP contribution in [-0.4, -0.2) is 86.8 Å². The first kappa shape index (κ1) is 20.1. The summed E-state index contributed by atoms with van der Waals surface area (Å²) in [4.78, 5) is 28.9. The van der Waals surface area contributed by atoms with E-state index in [0.29, 0.717) is 39.5 Å². The van der Waals surface area contributed by atoms with Crippen LogP contribution in [0.3, 0.4) is 0 Å². The van der Waals surface area contributed by atoms with E-state index < -0.39 is 0 Å². The molecule has 1 N–H and O–H groups in total. The highest BCUT2D eigenvalue weighted by Crippen LogP contribution is 2.13. The maximum absolute atomic E-state index is 12.7. The van der Waals surface area contributed by atoms with Gasteiger partial charge in [-0.3, -0.25) is 14.5 Å². The zero-order valence-electron chi connectivity index (χ0n) is 15.5. The van der Waals surface area contributed by atoms with E-state index in [9.17, 15) is 9.59 Å². The van der Waals surface area contributed by atoms with E-state index >= 15 is 0 Å². The summed E-state index contributed by atoms with van der Waals surface area (Å²) >= 11 is 0. The molecule has 2 heterocycles. The lowest BCUT2D eigenvalue weighted by Crippen LogP contribution is -2.53. The number of carbonyl (C=O) groups is 2. The number of unbranched alkanes of at least 4 members (excludes halogenated alkanes) is 3. The summed E-state index contributed by atoms with van der Waals surface area (Å²) < 4.78 is 10.7. The quantitative estimate of drug-likeness (QED) is 0.615. The second-order valence-electron chi connectivity index (χ2n) is 6.72. The summed E-state index contributed by atoms with van der Waals surface area (Å²) in [5.74, 6) is -0.0524. The minimum Gasteiger partial charge on any atom is -0.379 e. The highest BCUT2D eigenvalue weighted by atomic mass is 16.5. The van der Waals surface area contributed by atoms with Crippen LogP contribution in [-0.2, 0) is 19.1 Å². The normalized spacial score (nSPS) is 20.3. The molecule has 1 unspecified atom stereocenters. The van der Waals surface area contributed by atoms with Crippen LogP contribution >= 0.6 is 0 Å². The molecule has 2 aliphatic heterocycles. The molecule has 144 valence electrons. The molecule has 25 heavy (non-hydrogen) atoms. The average Bonchev–Trinajstić information content (AvgIpc) is 2.67. The molecule has 2 saturated heterocycles. The van der Waals surface area contributed by atoms with Crippen molar-refractivity contribution in [3.63, 3.8) is 0 Å². The molecule has 0 aromatic heterocycles. The van der Waals surface area contributed by atoms with Crippen LogP contribution < -0.4 is 5.32 Å². The lowest BCUT2D eigenvalue weighted by atomic mass is 10.0. The van der Waals surface area contributed by atoms with Crippen molar-refractivity contribution in [2.24, 2.45) is 0 Å². The molecular weight excluding hydrogens is 322 g/mol. The average molecular weight is 355 g/mol. The van der Waals surface area contributed by atoms with Gasteiger partial charge >= 0.3 is 0 Å². The van der Waals surface area contributed by atoms with E-state index in [0.717, 1.165) is 32.4 Å². The summed E-state index contributed by atoms with van der Waals surface area (Å²) in [6.07, 6.45) is 5.42. The Morgan fingerprint density at radius 3 is 2.24 bits per heavy atom. The summed E-state index contributed by atoms with van der Waals surface area (Å²) in [5.41, 5.74) is 0. The van der Waals surface area contributed by atoms with Gasteiger partial charge in [-0.15, -0.1) is 0 Å². The third-order valence-corrected chi connectivity index (χ3v) is 4.90. The zero-order chi connectivity index (χ0) is 17.9. The van der Waals surface area contributed by atoms with E-state index in [2.05, 4.69) is 17.1 Å². The Labute approximate surface area is 151 Å². The summed E-state index contributed by atoms with van der Waals surface area (Å²) in [5, 5.41) is 2.86. The molecule has 2 amide bonds. The van der Waals surface area contributed by atoms with Crippen molar-refractivity contribution < 1.29 is 19.1 Å². The van der Waals surface area contributed by atoms with Crippen LogP contribution in [0.5, 0.6) is 0 Å². The molecule has 0 saturated carbocycles. The number of morpholine rings is 2. The van der Waals surface area contributed by atoms with E-state index in [1.54, 1.807) is 4.90 Å². The van der Waals surface area contributed by atoms with Gasteiger partial charge in [0.25, 0.3) is 0 Å². The summed E-state index contributed by atoms with van der Waals surface area (Å²) in [7, 11) is 0. The molecule has 0 bridgehead atoms. The second kappa shape index (κ2) is 11.4. The van der Waals surface area contributed by atoms with Crippen molar-refractivity contribution in [1.82, 2.24) is 15.1 Å². The maximum atomic E-state index is 12.7. The lowest BCUT2D eigenvalue weighted by molar-refractivity contribution is -0.137. The number of rotatable bonds is 9. The van der Waals surface area contributed by atoms with Crippen LogP contribution in [0.2, 0.25) is 0 Å². The standard InChI is InChI=1S/C18H33N3O4/c1-2-3-4-5-6-16(20-7-11-24-12-8-20)18(23)19-15-17(22)21-9-13-25-14-10-21/h16H,2-15H2,1H3,(H,19,23). The summed E-state index contributed by atoms with van der Waals surface area (Å²) in [6.45, 7) is 7.54. The first-order valence-electron chi connectivity index (χ1n) is 9.67. The number of nitrogens with zero attached hydrogens (tertiary/aromatic N) is 2. The summed E-state index contributed by atoms with van der Waals surface area (Å²) in [6, 6.07) is -0.154. The molecule has 0 spiro atoms. The highest BCUT2D eigenvalue weighted by Gasteiger charge is 2.27. The van der Waals surface area contributed by atoms with Gasteiger partial charge in [0.2, 0.25) is 11.8 Å². The van der Waals surface area contributed by atoms with Crippen molar-refractivity contribution >= 4 is 11.8 Å². The molecule has 0 aromatic rings. The van der Waals surface area contributed by atoms with Gasteiger partial charge in [-0.1, -0.05) is 32.6 Å². The molecule has 7 nitrogen and oxygen atoms in total. The van der Waals surface area contributed by atoms with Crippen molar-refractivity contribution in [2.45, 2.75) is 45.1 Å². The van der Waals surface area contributed by atoms with Gasteiger partial charge in [0.05, 0.1) is 39.0 Å². The van der Waals surface area contributed by atoms with Crippen molar-refractivity contribution in [3.05, 3.63) is 0 Å². The van der Waals surface area contributed by atoms with Gasteiger partial charge in [-0.2, -0.15) is 0 Å². The number of nitrogens with one attached hydrogen (secondary N) is 1. The number of ether oxygens (including phenoxy) is 2. The minimum atomic E-state index is -0.154. The molecular formula is C18H33N3O4. The van der Waals surface area contributed by atoms with Crippen molar-refractivity contribution in [1.29, 1.82) is 0 Å². The van der Waals surface area contributed by atoms with Crippen molar-refractivity contribution in [2.75, 3.05) is 59.2 Å². The van der Waals surface area contributed by atoms with Gasteiger partial charge in [-0.25, -0.2) is 0 Å². The van der Waals surface area contributed by atoms with Crippen LogP contribution in [0.25, 0.3) is 0 Å². The molecule has 7 heteroatoms. The third-order valence-electron chi connectivity index (χ3n) is 4.90. The fourth-order valence-corrected chi connectivity index (χ4v) is 3.34. The fraction of sp³-hybridized carbons (Fsp3) is 0.889.